The second-order valence-electron chi connectivity index (χ2n) is 8.13. The Morgan fingerprint density at radius 3 is 1.18 bits per heavy atom. The maximum atomic E-state index is 14.4. The predicted molar refractivity (Wildman–Crippen MR) is 87.3 cm³/mol. The Bertz CT molecular complexity index is 985. The van der Waals surface area contributed by atoms with Crippen molar-refractivity contribution in [3.63, 3.8) is 0 Å². The molecule has 246 valence electrons. The van der Waals surface area contributed by atoms with Crippen LogP contribution in [0.5, 0.6) is 0 Å². The van der Waals surface area contributed by atoms with Crippen LogP contribution in [0.1, 0.15) is 38.5 Å². The van der Waals surface area contributed by atoms with Crippen molar-refractivity contribution >= 4 is 10.1 Å². The molecule has 0 aromatic carbocycles. The van der Waals surface area contributed by atoms with Gasteiger partial charge in [0.1, 0.15) is 0 Å². The molecule has 1 fully saturated rings. The monoisotopic (exact) mass is 782 g/mol. The predicted octanol–water partition coefficient (Wildman–Crippen LogP) is 5.27. The zero-order valence-corrected chi connectivity index (χ0v) is 21.6. The van der Waals surface area contributed by atoms with Crippen LogP contribution in [0, 0.1) is 0 Å². The van der Waals surface area contributed by atoms with Crippen LogP contribution in [0.4, 0.5) is 81.7 Å². The van der Waals surface area contributed by atoms with Gasteiger partial charge in [-0.15, -0.1) is 0 Å². The normalized spacial score (nSPS) is 24.9. The SMILES string of the molecule is FC(F)CCCCCCC[I+](F)(F)(F)(F)C1(F)C(F)(F)C(F)(F)C(F)(F)C(F)(F)C1(F)F.O=S(=O)([O-])C(F)(F)F. The molecule has 1 aliphatic rings. The van der Waals surface area contributed by atoms with Gasteiger partial charge in [-0.2, -0.15) is 13.2 Å². The summed E-state index contributed by atoms with van der Waals surface area (Å²) in [5.41, 5.74) is -5.65. The Morgan fingerprint density at radius 1 is 0.600 bits per heavy atom. The second-order valence-corrected chi connectivity index (χ2v) is 18.6. The van der Waals surface area contributed by atoms with Crippen LogP contribution >= 0.6 is 0 Å². The van der Waals surface area contributed by atoms with Crippen LogP contribution in [-0.2, 0) is 10.1 Å². The average molecular weight is 782 g/mol. The summed E-state index contributed by atoms with van der Waals surface area (Å²) < 4.78 is 276. The smallest absolute Gasteiger partial charge is 0.485 e. The molecule has 0 aromatic heterocycles. The largest absolute Gasteiger partial charge is 0.741 e. The number of halogens is 21. The first kappa shape index (κ1) is 39.2. The minimum Gasteiger partial charge on any atom is -0.741 e. The van der Waals surface area contributed by atoms with Crippen molar-refractivity contribution in [1.82, 2.24) is 0 Å². The second kappa shape index (κ2) is 10.2. The van der Waals surface area contributed by atoms with E-state index in [-0.39, 0.29) is 12.8 Å². The number of unbranched alkanes of at least 4 members (excludes halogenated alkanes) is 4. The van der Waals surface area contributed by atoms with Gasteiger partial charge in [-0.25, -0.2) is 8.42 Å². The van der Waals surface area contributed by atoms with E-state index in [1.165, 1.54) is 0 Å². The topological polar surface area (TPSA) is 57.2 Å². The van der Waals surface area contributed by atoms with Crippen LogP contribution in [0.3, 0.4) is 0 Å². The van der Waals surface area contributed by atoms with Crippen LogP contribution in [0.25, 0.3) is 0 Å². The van der Waals surface area contributed by atoms with Crippen molar-refractivity contribution in [3.8, 4) is 0 Å². The number of hydrogen-bond donors (Lipinski definition) is 0. The first-order valence-corrected chi connectivity index (χ1v) is 17.0. The summed E-state index contributed by atoms with van der Waals surface area (Å²) in [5.74, 6) is -40.7. The van der Waals surface area contributed by atoms with Crippen molar-refractivity contribution in [2.45, 2.75) is 83.7 Å². The summed E-state index contributed by atoms with van der Waals surface area (Å²) in [6, 6.07) is 0. The Morgan fingerprint density at radius 2 is 0.875 bits per heavy atom. The van der Waals surface area contributed by atoms with E-state index in [1.54, 1.807) is 0 Å². The Labute approximate surface area is 211 Å². The molecule has 0 aromatic rings. The van der Waals surface area contributed by atoms with E-state index in [4.69, 9.17) is 13.0 Å². The van der Waals surface area contributed by atoms with Gasteiger partial charge in [0, 0.05) is 0 Å². The first-order chi connectivity index (χ1) is 16.9. The van der Waals surface area contributed by atoms with Crippen molar-refractivity contribution in [1.29, 1.82) is 0 Å². The van der Waals surface area contributed by atoms with Gasteiger partial charge in [0.25, 0.3) is 0 Å². The molecule has 1 aliphatic carbocycles. The maximum Gasteiger partial charge on any atom is 0.485 e. The van der Waals surface area contributed by atoms with Crippen molar-refractivity contribution in [2.24, 2.45) is 0 Å². The van der Waals surface area contributed by atoms with Gasteiger partial charge in [0.2, 0.25) is 0 Å². The molecule has 3 nitrogen and oxygen atoms in total. The van der Waals surface area contributed by atoms with Crippen LogP contribution < -0.4 is 18.0 Å². The molecular weight excluding hydrogens is 767 g/mol. The van der Waals surface area contributed by atoms with Crippen molar-refractivity contribution in [3.05, 3.63) is 0 Å². The van der Waals surface area contributed by atoms with E-state index >= 15 is 0 Å². The maximum absolute atomic E-state index is 14.4. The molecule has 0 radical (unpaired) electrons. The van der Waals surface area contributed by atoms with Gasteiger partial charge in [-0.05, 0) is 0 Å². The fraction of sp³-hybridized carbons (Fsp3) is 1.00. The third-order valence-corrected chi connectivity index (χ3v) is 13.3. The Kier molecular flexibility index (Phi) is 9.97. The molecule has 1 saturated carbocycles. The van der Waals surface area contributed by atoms with Crippen LogP contribution in [0.2, 0.25) is 0 Å². The summed E-state index contributed by atoms with van der Waals surface area (Å²) in [6.07, 6.45) is -7.44. The van der Waals surface area contributed by atoms with E-state index < -0.39 is 103 Å². The molecule has 0 spiro atoms. The number of hydrogen-bond acceptors (Lipinski definition) is 3. The summed E-state index contributed by atoms with van der Waals surface area (Å²) in [6.45, 7) is 0. The van der Waals surface area contributed by atoms with Gasteiger partial charge in [-0.1, -0.05) is 0 Å². The zero-order valence-electron chi connectivity index (χ0n) is 18.6. The summed E-state index contributed by atoms with van der Waals surface area (Å²) in [7, 11) is -6.09. The zero-order chi connectivity index (χ0) is 32.9. The molecule has 0 atom stereocenters. The average Bonchev–Trinajstić information content (AvgIpc) is 2.68. The van der Waals surface area contributed by atoms with Crippen molar-refractivity contribution in [2.75, 3.05) is 4.43 Å². The van der Waals surface area contributed by atoms with Gasteiger partial charge in [0.05, 0.1) is 0 Å². The van der Waals surface area contributed by atoms with Crippen LogP contribution in [-0.4, -0.2) is 62.6 Å². The molecule has 0 aliphatic heterocycles. The fourth-order valence-electron chi connectivity index (χ4n) is 3.03. The number of rotatable bonds is 9. The molecule has 0 bridgehead atoms. The Hall–Kier alpha value is -0.760. The quantitative estimate of drug-likeness (QED) is 0.0801. The van der Waals surface area contributed by atoms with E-state index in [2.05, 4.69) is 0 Å². The molecule has 0 N–H and O–H groups in total. The molecule has 25 heteroatoms. The van der Waals surface area contributed by atoms with E-state index in [0.29, 0.717) is 0 Å². The minimum atomic E-state index is -13.0. The molecule has 40 heavy (non-hydrogen) atoms. The first-order valence-electron chi connectivity index (χ1n) is 9.72. The number of alkyl halides is 18. The van der Waals surface area contributed by atoms with Crippen LogP contribution in [0.15, 0.2) is 0 Å². The third kappa shape index (κ3) is 6.01. The fourth-order valence-corrected chi connectivity index (χ4v) is 9.53. The summed E-state index contributed by atoms with van der Waals surface area (Å²) in [5, 5.41) is 0. The summed E-state index contributed by atoms with van der Waals surface area (Å²) >= 11 is -13.0. The van der Waals surface area contributed by atoms with Crippen molar-refractivity contribution < 1.29 is 113 Å². The minimum absolute atomic E-state index is 0.277. The molecule has 0 saturated heterocycles. The third-order valence-electron chi connectivity index (χ3n) is 5.16. The van der Waals surface area contributed by atoms with Gasteiger partial charge < -0.3 is 4.55 Å². The van der Waals surface area contributed by atoms with E-state index in [0.717, 1.165) is 0 Å². The molecule has 0 heterocycles. The molecular formula is C15H15F20IO3S. The molecule has 1 rings (SSSR count). The standard InChI is InChI=1S/C14H15F17I.CHF3O3S/c15-8(16)6-4-2-1-3-5-7-32(28,29,30,31)14(27)12(23,24)10(19,20)9(17,18)11(21,22)13(14,25)26;2-1(3,4)8(5,6)7/h8H,1-7H2;(H,5,6,7)/q+1;/p-1. The molecule has 0 amide bonds. The molecule has 0 unspecified atom stereocenters. The van der Waals surface area contributed by atoms with E-state index in [9.17, 15) is 81.7 Å². The van der Waals surface area contributed by atoms with E-state index in [1.807, 2.05) is 0 Å². The Balaban J connectivity index is 0.00000165. The summed E-state index contributed by atoms with van der Waals surface area (Å²) in [4.78, 5) is 0. The van der Waals surface area contributed by atoms with Gasteiger partial charge in [0.15, 0.2) is 10.1 Å². The van der Waals surface area contributed by atoms with Gasteiger partial charge >= 0.3 is 175 Å². The van der Waals surface area contributed by atoms with Gasteiger partial charge in [-0.3, -0.25) is 0 Å².